The molecule has 0 saturated carbocycles. The van der Waals surface area contributed by atoms with E-state index in [1.807, 2.05) is 20.8 Å². The second kappa shape index (κ2) is 14.8. The quantitative estimate of drug-likeness (QED) is 0.490. The molecule has 0 aliphatic rings. The Morgan fingerprint density at radius 2 is 1.05 bits per heavy atom. The van der Waals surface area contributed by atoms with E-state index in [-0.39, 0.29) is 0 Å². The molecule has 4 N–H and O–H groups in total. The van der Waals surface area contributed by atoms with Gasteiger partial charge in [0.25, 0.3) is 0 Å². The predicted octanol–water partition coefficient (Wildman–Crippen LogP) is 2.74. The summed E-state index contributed by atoms with van der Waals surface area (Å²) < 4.78 is 8.51. The summed E-state index contributed by atoms with van der Waals surface area (Å²) in [6, 6.07) is 0. The van der Waals surface area contributed by atoms with Crippen molar-refractivity contribution in [3.05, 3.63) is 0 Å². The molecule has 0 aromatic rings. The van der Waals surface area contributed by atoms with Crippen LogP contribution in [0.2, 0.25) is 0 Å². The van der Waals surface area contributed by atoms with Crippen molar-refractivity contribution < 1.29 is 24.8 Å². The highest BCUT2D eigenvalue weighted by Gasteiger charge is 2.31. The van der Waals surface area contributed by atoms with Gasteiger partial charge in [-0.05, 0) is 31.7 Å². The van der Waals surface area contributed by atoms with Crippen LogP contribution in [-0.2, 0) is 4.57 Å². The van der Waals surface area contributed by atoms with Gasteiger partial charge in [0, 0.05) is 0 Å². The third-order valence-corrected chi connectivity index (χ3v) is 5.51. The molecule has 5 nitrogen and oxygen atoms in total. The molecular formula is C12H29O5P2+. The minimum Gasteiger partial charge on any atom is -0.388 e. The van der Waals surface area contributed by atoms with Gasteiger partial charge in [-0.15, -0.1) is 0 Å². The van der Waals surface area contributed by atoms with Crippen LogP contribution in [-0.4, -0.2) is 37.7 Å². The third kappa shape index (κ3) is 10.8. The summed E-state index contributed by atoms with van der Waals surface area (Å²) in [5.74, 6) is -1.57. The fourth-order valence-electron chi connectivity index (χ4n) is 1.82. The Kier molecular flexibility index (Phi) is 16.8. The van der Waals surface area contributed by atoms with Crippen LogP contribution >= 0.6 is 16.6 Å². The fraction of sp³-hybridized carbons (Fsp3) is 1.00. The van der Waals surface area contributed by atoms with Crippen molar-refractivity contribution in [2.75, 3.05) is 0 Å². The lowest BCUT2D eigenvalue weighted by molar-refractivity contribution is 0.180. The molecule has 0 rings (SSSR count). The summed E-state index contributed by atoms with van der Waals surface area (Å²) in [5, 5.41) is 30.0. The Bertz CT molecular complexity index is 178. The van der Waals surface area contributed by atoms with Gasteiger partial charge < -0.3 is 15.3 Å². The van der Waals surface area contributed by atoms with Crippen LogP contribution in [0, 0.1) is 0 Å². The average Bonchev–Trinajstić information content (AvgIpc) is 2.31. The van der Waals surface area contributed by atoms with Gasteiger partial charge in [0.05, 0.1) is 17.5 Å². The van der Waals surface area contributed by atoms with E-state index in [4.69, 9.17) is 9.46 Å². The molecule has 0 bridgehead atoms. The summed E-state index contributed by atoms with van der Waals surface area (Å²) in [5.41, 5.74) is 0. The zero-order valence-corrected chi connectivity index (χ0v) is 14.0. The lowest BCUT2D eigenvalue weighted by Gasteiger charge is -2.32. The first-order chi connectivity index (χ1) is 8.99. The molecule has 4 atom stereocenters. The summed E-state index contributed by atoms with van der Waals surface area (Å²) in [4.78, 5) is 7.04. The fourth-order valence-corrected chi connectivity index (χ4v) is 4.68. The molecule has 4 unspecified atom stereocenters. The van der Waals surface area contributed by atoms with Gasteiger partial charge in [-0.1, -0.05) is 40.0 Å². The number of aliphatic hydroxyl groups excluding tert-OH is 3. The monoisotopic (exact) mass is 315 g/mol. The van der Waals surface area contributed by atoms with Crippen LogP contribution in [0.3, 0.4) is 0 Å². The maximum Gasteiger partial charge on any atom is 0.491 e. The maximum atomic E-state index is 10.0. The van der Waals surface area contributed by atoms with Gasteiger partial charge in [-0.3, -0.25) is 0 Å². The lowest BCUT2D eigenvalue weighted by Crippen LogP contribution is -2.23. The zero-order valence-electron chi connectivity index (χ0n) is 12.1. The minimum atomic E-state index is -1.17. The van der Waals surface area contributed by atoms with Crippen molar-refractivity contribution >= 4 is 16.6 Å². The summed E-state index contributed by atoms with van der Waals surface area (Å²) in [6.07, 6.45) is 4.68. The highest BCUT2D eigenvalue weighted by molar-refractivity contribution is 7.59. The molecule has 0 aliphatic carbocycles. The van der Waals surface area contributed by atoms with E-state index < -0.39 is 34.1 Å². The predicted molar refractivity (Wildman–Crippen MR) is 80.9 cm³/mol. The molecule has 0 fully saturated rings. The number of aliphatic hydroxyl groups is 3. The van der Waals surface area contributed by atoms with Crippen LogP contribution in [0.1, 0.15) is 59.3 Å². The van der Waals surface area contributed by atoms with E-state index in [0.29, 0.717) is 19.3 Å². The molecule has 19 heavy (non-hydrogen) atoms. The molecule has 0 aliphatic heterocycles. The lowest BCUT2D eigenvalue weighted by atomic mass is 10.3. The molecule has 7 heteroatoms. The molecule has 116 valence electrons. The highest BCUT2D eigenvalue weighted by Crippen LogP contribution is 2.52. The zero-order chi connectivity index (χ0) is 15.3. The van der Waals surface area contributed by atoms with Crippen molar-refractivity contribution in [3.63, 3.8) is 0 Å². The van der Waals surface area contributed by atoms with Gasteiger partial charge in [0.1, 0.15) is 0 Å². The summed E-state index contributed by atoms with van der Waals surface area (Å²) in [7, 11) is -2.26. The Morgan fingerprint density at radius 1 is 0.842 bits per heavy atom. The summed E-state index contributed by atoms with van der Waals surface area (Å²) >= 11 is 0. The summed E-state index contributed by atoms with van der Waals surface area (Å²) in [6.45, 7) is 6.03. The van der Waals surface area contributed by atoms with E-state index in [1.165, 1.54) is 0 Å². The van der Waals surface area contributed by atoms with Crippen molar-refractivity contribution in [3.8, 4) is 0 Å². The standard InChI is InChI=1S/C12H27O3P.HO2P/c1-4-7-10(13)16(11(14)8-5-2)12(15)9-6-3;1-3-2/h10-15H,4-9H2,1-3H3;3H/p+1. The molecule has 0 heterocycles. The molecule has 0 aromatic carbocycles. The van der Waals surface area contributed by atoms with Gasteiger partial charge in [-0.2, -0.15) is 4.89 Å². The van der Waals surface area contributed by atoms with Gasteiger partial charge >= 0.3 is 8.69 Å². The van der Waals surface area contributed by atoms with E-state index in [2.05, 4.69) is 0 Å². The Hall–Kier alpha value is 0.370. The van der Waals surface area contributed by atoms with Gasteiger partial charge in [0.2, 0.25) is 0 Å². The van der Waals surface area contributed by atoms with Gasteiger partial charge in [0.15, 0.2) is 0 Å². The van der Waals surface area contributed by atoms with Crippen molar-refractivity contribution in [1.29, 1.82) is 0 Å². The van der Waals surface area contributed by atoms with E-state index >= 15 is 0 Å². The maximum absolute atomic E-state index is 10.0. The molecule has 0 amide bonds. The Balaban J connectivity index is 0. The number of rotatable bonds is 9. The van der Waals surface area contributed by atoms with Crippen molar-refractivity contribution in [1.82, 2.24) is 0 Å². The molecule has 0 aromatic heterocycles. The SMILES string of the molecule is CCCC(O)P(C(O)CCC)C(O)CCC.O=[PH+]O. The average molecular weight is 315 g/mol. The minimum absolute atomic E-state index is 0.525. The third-order valence-electron chi connectivity index (χ3n) is 2.67. The Morgan fingerprint density at radius 3 is 1.21 bits per heavy atom. The van der Waals surface area contributed by atoms with Crippen molar-refractivity contribution in [2.24, 2.45) is 0 Å². The van der Waals surface area contributed by atoms with E-state index in [0.717, 1.165) is 19.3 Å². The first kappa shape index (κ1) is 21.7. The molecule has 0 radical (unpaired) electrons. The first-order valence-corrected chi connectivity index (χ1v) is 9.23. The van der Waals surface area contributed by atoms with Crippen LogP contribution < -0.4 is 0 Å². The topological polar surface area (TPSA) is 98.0 Å². The molecule has 0 spiro atoms. The van der Waals surface area contributed by atoms with Crippen LogP contribution in [0.25, 0.3) is 0 Å². The van der Waals surface area contributed by atoms with Crippen LogP contribution in [0.15, 0.2) is 0 Å². The molecular weight excluding hydrogens is 286 g/mol. The second-order valence-corrected chi connectivity index (χ2v) is 7.21. The van der Waals surface area contributed by atoms with Gasteiger partial charge in [-0.25, -0.2) is 0 Å². The number of hydrogen-bond donors (Lipinski definition) is 4. The second-order valence-electron chi connectivity index (χ2n) is 4.35. The van der Waals surface area contributed by atoms with Crippen molar-refractivity contribution in [2.45, 2.75) is 76.8 Å². The largest absolute Gasteiger partial charge is 0.491 e. The highest BCUT2D eigenvalue weighted by atomic mass is 31.1. The first-order valence-electron chi connectivity index (χ1n) is 6.82. The van der Waals surface area contributed by atoms with E-state index in [9.17, 15) is 15.3 Å². The smallest absolute Gasteiger partial charge is 0.388 e. The van der Waals surface area contributed by atoms with E-state index in [1.54, 1.807) is 0 Å². The normalized spacial score (nSPS) is 17.2. The number of hydrogen-bond acceptors (Lipinski definition) is 4. The van der Waals surface area contributed by atoms with Crippen LogP contribution in [0.4, 0.5) is 0 Å². The van der Waals surface area contributed by atoms with Crippen LogP contribution in [0.5, 0.6) is 0 Å². The Labute approximate surface area is 119 Å². The molecule has 0 saturated heterocycles.